The molecule has 0 spiro atoms. The van der Waals surface area contributed by atoms with E-state index in [4.69, 9.17) is 4.74 Å². The molecule has 0 saturated heterocycles. The Hall–Kier alpha value is -2.27. The average Bonchev–Trinajstić information content (AvgIpc) is 2.50. The number of para-hydroxylation sites is 1. The molecular formula is C17H17BrN2O2. The van der Waals surface area contributed by atoms with E-state index in [1.165, 1.54) is 0 Å². The fourth-order valence-corrected chi connectivity index (χ4v) is 2.48. The summed E-state index contributed by atoms with van der Waals surface area (Å²) in [6, 6.07) is 13.0. The molecule has 5 heteroatoms. The van der Waals surface area contributed by atoms with Crippen molar-refractivity contribution in [1.29, 1.82) is 0 Å². The molecule has 0 bridgehead atoms. The number of carbonyl (C=O) groups is 1. The molecule has 2 amide bonds. The maximum Gasteiger partial charge on any atom is 0.323 e. The quantitative estimate of drug-likeness (QED) is 0.839. The van der Waals surface area contributed by atoms with Gasteiger partial charge in [0.1, 0.15) is 5.75 Å². The van der Waals surface area contributed by atoms with E-state index in [9.17, 15) is 4.79 Å². The summed E-state index contributed by atoms with van der Waals surface area (Å²) in [4.78, 5) is 11.9. The van der Waals surface area contributed by atoms with Crippen LogP contribution in [0.25, 0.3) is 6.08 Å². The van der Waals surface area contributed by atoms with E-state index in [2.05, 4.69) is 26.6 Å². The summed E-state index contributed by atoms with van der Waals surface area (Å²) >= 11 is 3.42. The number of rotatable bonds is 4. The number of hydrogen-bond donors (Lipinski definition) is 2. The molecule has 0 aliphatic rings. The van der Waals surface area contributed by atoms with Crippen LogP contribution in [0.4, 0.5) is 10.5 Å². The summed E-state index contributed by atoms with van der Waals surface area (Å²) in [5.41, 5.74) is 2.73. The van der Waals surface area contributed by atoms with E-state index in [-0.39, 0.29) is 6.03 Å². The van der Waals surface area contributed by atoms with Crippen molar-refractivity contribution in [3.63, 3.8) is 0 Å². The summed E-state index contributed by atoms with van der Waals surface area (Å²) in [6.07, 6.45) is 3.36. The summed E-state index contributed by atoms with van der Waals surface area (Å²) in [6.45, 7) is 1.99. The largest absolute Gasteiger partial charge is 0.496 e. The Morgan fingerprint density at radius 3 is 2.73 bits per heavy atom. The molecule has 0 fully saturated rings. The molecule has 0 aliphatic carbocycles. The van der Waals surface area contributed by atoms with Gasteiger partial charge < -0.3 is 15.4 Å². The molecule has 0 unspecified atom stereocenters. The lowest BCUT2D eigenvalue weighted by Gasteiger charge is -2.08. The molecule has 2 aromatic rings. The Morgan fingerprint density at radius 2 is 2.00 bits per heavy atom. The molecule has 2 rings (SSSR count). The number of carbonyl (C=O) groups excluding carboxylic acids is 1. The van der Waals surface area contributed by atoms with Crippen LogP contribution in [0.15, 0.2) is 53.1 Å². The highest BCUT2D eigenvalue weighted by atomic mass is 79.9. The van der Waals surface area contributed by atoms with Gasteiger partial charge in [-0.05, 0) is 52.7 Å². The highest BCUT2D eigenvalue weighted by molar-refractivity contribution is 9.10. The van der Waals surface area contributed by atoms with E-state index >= 15 is 0 Å². The van der Waals surface area contributed by atoms with Crippen molar-refractivity contribution in [2.75, 3.05) is 12.4 Å². The van der Waals surface area contributed by atoms with E-state index in [0.717, 1.165) is 21.3 Å². The fraction of sp³-hybridized carbons (Fsp3) is 0.118. The fourth-order valence-electron chi connectivity index (χ4n) is 1.89. The Kier molecular flexibility index (Phi) is 5.61. The molecule has 0 aliphatic heterocycles. The number of nitrogens with one attached hydrogen (secondary N) is 2. The summed E-state index contributed by atoms with van der Waals surface area (Å²) < 4.78 is 6.08. The standard InChI is InChI=1S/C17H17BrN2O2/c1-12-7-8-15(14(18)11-12)20-17(21)19-10-9-13-5-3-4-6-16(13)22-2/h3-11H,1-2H3,(H2,19,20,21)/b10-9+. The summed E-state index contributed by atoms with van der Waals surface area (Å²) in [5.74, 6) is 0.752. The Morgan fingerprint density at radius 1 is 1.23 bits per heavy atom. The van der Waals surface area contributed by atoms with E-state index < -0.39 is 0 Å². The molecule has 22 heavy (non-hydrogen) atoms. The van der Waals surface area contributed by atoms with Crippen molar-refractivity contribution in [2.24, 2.45) is 0 Å². The van der Waals surface area contributed by atoms with E-state index in [1.807, 2.05) is 49.4 Å². The molecule has 114 valence electrons. The normalized spacial score (nSPS) is 10.5. The molecule has 2 aromatic carbocycles. The first-order valence-corrected chi connectivity index (χ1v) is 7.52. The molecule has 2 N–H and O–H groups in total. The predicted octanol–water partition coefficient (Wildman–Crippen LogP) is 4.56. The second-order valence-electron chi connectivity index (χ2n) is 4.66. The molecule has 4 nitrogen and oxygen atoms in total. The lowest BCUT2D eigenvalue weighted by Crippen LogP contribution is -2.23. The van der Waals surface area contributed by atoms with Crippen molar-refractivity contribution in [3.05, 3.63) is 64.3 Å². The number of halogens is 1. The molecule has 0 radical (unpaired) electrons. The third-order valence-corrected chi connectivity index (χ3v) is 3.65. The van der Waals surface area contributed by atoms with Crippen LogP contribution in [0.5, 0.6) is 5.75 Å². The van der Waals surface area contributed by atoms with Crippen LogP contribution in [0, 0.1) is 6.92 Å². The number of anilines is 1. The van der Waals surface area contributed by atoms with Gasteiger partial charge >= 0.3 is 6.03 Å². The maximum absolute atomic E-state index is 11.9. The van der Waals surface area contributed by atoms with Crippen LogP contribution in [-0.2, 0) is 0 Å². The maximum atomic E-state index is 11.9. The van der Waals surface area contributed by atoms with Gasteiger partial charge in [-0.15, -0.1) is 0 Å². The first kappa shape index (κ1) is 16.1. The van der Waals surface area contributed by atoms with Crippen molar-refractivity contribution in [2.45, 2.75) is 6.92 Å². The van der Waals surface area contributed by atoms with Crippen LogP contribution in [-0.4, -0.2) is 13.1 Å². The second kappa shape index (κ2) is 7.66. The van der Waals surface area contributed by atoms with Crippen LogP contribution in [0.2, 0.25) is 0 Å². The molecule has 0 aromatic heterocycles. The lowest BCUT2D eigenvalue weighted by atomic mass is 10.2. The predicted molar refractivity (Wildman–Crippen MR) is 93.1 cm³/mol. The number of amides is 2. The zero-order valence-corrected chi connectivity index (χ0v) is 14.0. The Balaban J connectivity index is 1.96. The average molecular weight is 361 g/mol. The van der Waals surface area contributed by atoms with Crippen LogP contribution < -0.4 is 15.4 Å². The highest BCUT2D eigenvalue weighted by Gasteiger charge is 2.04. The van der Waals surface area contributed by atoms with Gasteiger partial charge in [-0.1, -0.05) is 24.3 Å². The van der Waals surface area contributed by atoms with Gasteiger partial charge in [0.2, 0.25) is 0 Å². The minimum Gasteiger partial charge on any atom is -0.496 e. The molecule has 0 atom stereocenters. The van der Waals surface area contributed by atoms with Gasteiger partial charge in [0.15, 0.2) is 0 Å². The monoisotopic (exact) mass is 360 g/mol. The van der Waals surface area contributed by atoms with E-state index in [0.29, 0.717) is 5.69 Å². The summed E-state index contributed by atoms with van der Waals surface area (Å²) in [7, 11) is 1.61. The topological polar surface area (TPSA) is 50.4 Å². The zero-order valence-electron chi connectivity index (χ0n) is 12.4. The smallest absolute Gasteiger partial charge is 0.323 e. The minimum absolute atomic E-state index is 0.310. The number of methoxy groups -OCH3 is 1. The third-order valence-electron chi connectivity index (χ3n) is 2.99. The SMILES string of the molecule is COc1ccccc1/C=C/NC(=O)Nc1ccc(C)cc1Br. The van der Waals surface area contributed by atoms with Gasteiger partial charge in [-0.3, -0.25) is 0 Å². The first-order valence-electron chi connectivity index (χ1n) is 6.73. The highest BCUT2D eigenvalue weighted by Crippen LogP contribution is 2.23. The molecular weight excluding hydrogens is 344 g/mol. The van der Waals surface area contributed by atoms with Crippen LogP contribution >= 0.6 is 15.9 Å². The third kappa shape index (κ3) is 4.36. The lowest BCUT2D eigenvalue weighted by molar-refractivity contribution is 0.255. The van der Waals surface area contributed by atoms with Crippen LogP contribution in [0.3, 0.4) is 0 Å². The van der Waals surface area contributed by atoms with Gasteiger partial charge in [0, 0.05) is 16.2 Å². The number of benzene rings is 2. The zero-order chi connectivity index (χ0) is 15.9. The number of urea groups is 1. The van der Waals surface area contributed by atoms with Crippen molar-refractivity contribution < 1.29 is 9.53 Å². The Bertz CT molecular complexity index is 699. The number of ether oxygens (including phenoxy) is 1. The van der Waals surface area contributed by atoms with Crippen molar-refractivity contribution in [1.82, 2.24) is 5.32 Å². The van der Waals surface area contributed by atoms with Crippen molar-refractivity contribution >= 4 is 33.7 Å². The summed E-state index contributed by atoms with van der Waals surface area (Å²) in [5, 5.41) is 5.44. The number of aryl methyl sites for hydroxylation is 1. The first-order chi connectivity index (χ1) is 10.6. The second-order valence-corrected chi connectivity index (χ2v) is 5.51. The van der Waals surface area contributed by atoms with Gasteiger partial charge in [0.25, 0.3) is 0 Å². The van der Waals surface area contributed by atoms with Gasteiger partial charge in [-0.25, -0.2) is 4.79 Å². The van der Waals surface area contributed by atoms with Gasteiger partial charge in [0.05, 0.1) is 12.8 Å². The van der Waals surface area contributed by atoms with Crippen molar-refractivity contribution in [3.8, 4) is 5.75 Å². The molecule has 0 heterocycles. The Labute approximate surface area is 138 Å². The number of hydrogen-bond acceptors (Lipinski definition) is 2. The van der Waals surface area contributed by atoms with E-state index in [1.54, 1.807) is 19.4 Å². The molecule has 0 saturated carbocycles. The van der Waals surface area contributed by atoms with Gasteiger partial charge in [-0.2, -0.15) is 0 Å². The van der Waals surface area contributed by atoms with Crippen LogP contribution in [0.1, 0.15) is 11.1 Å². The minimum atomic E-state index is -0.310.